The first-order valence-electron chi connectivity index (χ1n) is 8.73. The SMILES string of the molecule is CN=C(NCCS(=O)(=O)N1CCSCC1)NC(C)COC1CCOC1.I. The van der Waals surface area contributed by atoms with E-state index >= 15 is 0 Å². The average Bonchev–Trinajstić information content (AvgIpc) is 3.13. The predicted molar refractivity (Wildman–Crippen MR) is 117 cm³/mol. The average molecular weight is 522 g/mol. The van der Waals surface area contributed by atoms with Crippen LogP contribution in [0.4, 0.5) is 0 Å². The molecular weight excluding hydrogens is 491 g/mol. The molecule has 0 spiro atoms. The number of aliphatic imine (C=N–C) groups is 1. The van der Waals surface area contributed by atoms with Gasteiger partial charge in [0.15, 0.2) is 5.96 Å². The number of nitrogens with zero attached hydrogens (tertiary/aromatic N) is 2. The number of sulfonamides is 1. The molecule has 2 aliphatic heterocycles. The van der Waals surface area contributed by atoms with Crippen molar-refractivity contribution in [2.45, 2.75) is 25.5 Å². The van der Waals surface area contributed by atoms with Gasteiger partial charge < -0.3 is 20.1 Å². The molecule has 2 heterocycles. The first-order chi connectivity index (χ1) is 12.0. The summed E-state index contributed by atoms with van der Waals surface area (Å²) in [5.41, 5.74) is 0. The highest BCUT2D eigenvalue weighted by molar-refractivity contribution is 14.0. The minimum Gasteiger partial charge on any atom is -0.379 e. The van der Waals surface area contributed by atoms with Crippen molar-refractivity contribution in [3.8, 4) is 0 Å². The standard InChI is InChI=1S/C15H30N4O4S2.HI/c1-13(11-23-14-3-7-22-12-14)18-15(16-2)17-4-10-25(20,21)19-5-8-24-9-6-19;/h13-14H,3-12H2,1-2H3,(H2,16,17,18);1H. The molecule has 0 radical (unpaired) electrons. The van der Waals surface area contributed by atoms with Crippen LogP contribution in [0.2, 0.25) is 0 Å². The first kappa shape index (κ1) is 24.2. The molecule has 0 aromatic rings. The van der Waals surface area contributed by atoms with Crippen molar-refractivity contribution < 1.29 is 17.9 Å². The van der Waals surface area contributed by atoms with Crippen LogP contribution in [-0.4, -0.2) is 94.6 Å². The molecule has 11 heteroatoms. The van der Waals surface area contributed by atoms with Gasteiger partial charge in [-0.3, -0.25) is 4.99 Å². The maximum absolute atomic E-state index is 12.3. The molecule has 0 aliphatic carbocycles. The third-order valence-electron chi connectivity index (χ3n) is 4.09. The second-order valence-electron chi connectivity index (χ2n) is 6.19. The Labute approximate surface area is 178 Å². The van der Waals surface area contributed by atoms with E-state index in [1.807, 2.05) is 6.92 Å². The van der Waals surface area contributed by atoms with Crippen LogP contribution in [0.3, 0.4) is 0 Å². The third-order valence-corrected chi connectivity index (χ3v) is 6.91. The zero-order valence-electron chi connectivity index (χ0n) is 15.5. The Balaban J connectivity index is 0.00000338. The van der Waals surface area contributed by atoms with E-state index in [9.17, 15) is 8.42 Å². The zero-order chi connectivity index (χ0) is 18.1. The highest BCUT2D eigenvalue weighted by atomic mass is 127. The van der Waals surface area contributed by atoms with Crippen LogP contribution in [0.1, 0.15) is 13.3 Å². The van der Waals surface area contributed by atoms with Crippen molar-refractivity contribution in [1.29, 1.82) is 0 Å². The highest BCUT2D eigenvalue weighted by Crippen LogP contribution is 2.13. The quantitative estimate of drug-likeness (QED) is 0.270. The normalized spacial score (nSPS) is 23.3. The van der Waals surface area contributed by atoms with Gasteiger partial charge in [0.1, 0.15) is 0 Å². The van der Waals surface area contributed by atoms with Crippen molar-refractivity contribution >= 4 is 51.7 Å². The maximum Gasteiger partial charge on any atom is 0.215 e. The Morgan fingerprint density at radius 1 is 1.42 bits per heavy atom. The van der Waals surface area contributed by atoms with Crippen molar-refractivity contribution in [3.05, 3.63) is 0 Å². The molecule has 0 bridgehead atoms. The summed E-state index contributed by atoms with van der Waals surface area (Å²) >= 11 is 1.80. The number of rotatable bonds is 8. The van der Waals surface area contributed by atoms with E-state index in [0.717, 1.165) is 24.5 Å². The van der Waals surface area contributed by atoms with E-state index in [4.69, 9.17) is 9.47 Å². The van der Waals surface area contributed by atoms with Crippen LogP contribution >= 0.6 is 35.7 Å². The van der Waals surface area contributed by atoms with Gasteiger partial charge in [-0.1, -0.05) is 0 Å². The number of halogens is 1. The number of ether oxygens (including phenoxy) is 2. The summed E-state index contributed by atoms with van der Waals surface area (Å²) in [5, 5.41) is 6.29. The Bertz CT molecular complexity index is 524. The van der Waals surface area contributed by atoms with Gasteiger partial charge in [0.2, 0.25) is 10.0 Å². The molecule has 2 unspecified atom stereocenters. The molecule has 2 atom stereocenters. The molecule has 2 rings (SSSR count). The molecule has 0 amide bonds. The van der Waals surface area contributed by atoms with Gasteiger partial charge in [-0.15, -0.1) is 24.0 Å². The van der Waals surface area contributed by atoms with E-state index in [1.165, 1.54) is 0 Å². The van der Waals surface area contributed by atoms with E-state index in [2.05, 4.69) is 15.6 Å². The summed E-state index contributed by atoms with van der Waals surface area (Å²) in [5.74, 6) is 2.41. The summed E-state index contributed by atoms with van der Waals surface area (Å²) in [6, 6.07) is 0.0718. The molecule has 26 heavy (non-hydrogen) atoms. The van der Waals surface area contributed by atoms with Gasteiger partial charge in [0, 0.05) is 50.8 Å². The molecular formula is C15H31IN4O4S2. The fourth-order valence-corrected chi connectivity index (χ4v) is 5.14. The van der Waals surface area contributed by atoms with E-state index in [1.54, 1.807) is 23.1 Å². The molecule has 2 aliphatic rings. The van der Waals surface area contributed by atoms with Crippen molar-refractivity contribution in [2.75, 3.05) is 63.8 Å². The second kappa shape index (κ2) is 12.6. The Hall–Kier alpha value is 0.180. The van der Waals surface area contributed by atoms with Crippen molar-refractivity contribution in [2.24, 2.45) is 4.99 Å². The van der Waals surface area contributed by atoms with Gasteiger partial charge in [0.05, 0.1) is 25.1 Å². The fourth-order valence-electron chi connectivity index (χ4n) is 2.65. The molecule has 0 saturated carbocycles. The Kier molecular flexibility index (Phi) is 11.7. The summed E-state index contributed by atoms with van der Waals surface area (Å²) in [6.07, 6.45) is 1.11. The summed E-state index contributed by atoms with van der Waals surface area (Å²) in [7, 11) is -1.53. The number of hydrogen-bond acceptors (Lipinski definition) is 6. The lowest BCUT2D eigenvalue weighted by atomic mass is 10.3. The predicted octanol–water partition coefficient (Wildman–Crippen LogP) is 0.342. The molecule has 0 aromatic heterocycles. The maximum atomic E-state index is 12.3. The van der Waals surface area contributed by atoms with Gasteiger partial charge in [-0.05, 0) is 13.3 Å². The molecule has 0 aromatic carbocycles. The molecule has 2 N–H and O–H groups in total. The molecule has 2 saturated heterocycles. The van der Waals surface area contributed by atoms with E-state index in [-0.39, 0.29) is 41.9 Å². The second-order valence-corrected chi connectivity index (χ2v) is 9.50. The first-order valence-corrected chi connectivity index (χ1v) is 11.5. The lowest BCUT2D eigenvalue weighted by Crippen LogP contribution is -2.47. The highest BCUT2D eigenvalue weighted by Gasteiger charge is 2.23. The monoisotopic (exact) mass is 522 g/mol. The smallest absolute Gasteiger partial charge is 0.215 e. The van der Waals surface area contributed by atoms with E-state index in [0.29, 0.717) is 38.8 Å². The fraction of sp³-hybridized carbons (Fsp3) is 0.933. The molecule has 2 fully saturated rings. The molecule has 154 valence electrons. The van der Waals surface area contributed by atoms with Crippen LogP contribution < -0.4 is 10.6 Å². The van der Waals surface area contributed by atoms with Crippen molar-refractivity contribution in [1.82, 2.24) is 14.9 Å². The summed E-state index contributed by atoms with van der Waals surface area (Å²) in [6.45, 7) is 5.53. The van der Waals surface area contributed by atoms with Gasteiger partial charge in [-0.25, -0.2) is 12.7 Å². The van der Waals surface area contributed by atoms with Gasteiger partial charge in [0.25, 0.3) is 0 Å². The summed E-state index contributed by atoms with van der Waals surface area (Å²) in [4.78, 5) is 4.14. The topological polar surface area (TPSA) is 92.3 Å². The van der Waals surface area contributed by atoms with Crippen LogP contribution in [0.5, 0.6) is 0 Å². The summed E-state index contributed by atoms with van der Waals surface area (Å²) < 4.78 is 37.3. The van der Waals surface area contributed by atoms with Gasteiger partial charge in [-0.2, -0.15) is 11.8 Å². The Morgan fingerprint density at radius 3 is 2.77 bits per heavy atom. The largest absolute Gasteiger partial charge is 0.379 e. The molecule has 8 nitrogen and oxygen atoms in total. The number of thioether (sulfide) groups is 1. The van der Waals surface area contributed by atoms with Crippen molar-refractivity contribution in [3.63, 3.8) is 0 Å². The van der Waals surface area contributed by atoms with Crippen LogP contribution in [0.25, 0.3) is 0 Å². The lowest BCUT2D eigenvalue weighted by molar-refractivity contribution is 0.0348. The Morgan fingerprint density at radius 2 is 2.15 bits per heavy atom. The van der Waals surface area contributed by atoms with Gasteiger partial charge >= 0.3 is 0 Å². The van der Waals surface area contributed by atoms with E-state index < -0.39 is 10.0 Å². The zero-order valence-corrected chi connectivity index (χ0v) is 19.4. The lowest BCUT2D eigenvalue weighted by Gasteiger charge is -2.26. The number of guanidine groups is 1. The van der Waals surface area contributed by atoms with Crippen LogP contribution in [0, 0.1) is 0 Å². The third kappa shape index (κ3) is 8.46. The number of hydrogen-bond donors (Lipinski definition) is 2. The minimum absolute atomic E-state index is 0. The van der Waals surface area contributed by atoms with Crippen LogP contribution in [0.15, 0.2) is 4.99 Å². The van der Waals surface area contributed by atoms with Crippen LogP contribution in [-0.2, 0) is 19.5 Å². The minimum atomic E-state index is -3.20. The number of nitrogens with one attached hydrogen (secondary N) is 2.